The number of allylic oxidation sites excluding steroid dienone is 8. The molecule has 2 aromatic rings. The number of halogens is 1. The summed E-state index contributed by atoms with van der Waals surface area (Å²) in [6.07, 6.45) is 13.6. The maximum atomic E-state index is 12.2. The van der Waals surface area contributed by atoms with Crippen LogP contribution >= 0.6 is 11.6 Å². The van der Waals surface area contributed by atoms with Gasteiger partial charge in [-0.15, -0.1) is 0 Å². The lowest BCUT2D eigenvalue weighted by molar-refractivity contribution is -0.438. The lowest BCUT2D eigenvalue weighted by Gasteiger charge is -2.27. The first-order valence-electron chi connectivity index (χ1n) is 18.5. The third-order valence-electron chi connectivity index (χ3n) is 11.0. The molecular weight excluding hydrogens is 748 g/mol. The second-order valence-corrected chi connectivity index (χ2v) is 18.9. The van der Waals surface area contributed by atoms with Gasteiger partial charge in [0.25, 0.3) is 20.2 Å². The molecule has 2 heterocycles. The third kappa shape index (κ3) is 8.18. The molecule has 0 amide bonds. The number of carboxylic acids is 1. The van der Waals surface area contributed by atoms with Gasteiger partial charge in [0.1, 0.15) is 6.54 Å². The second kappa shape index (κ2) is 15.5. The number of rotatable bonds is 13. The van der Waals surface area contributed by atoms with Gasteiger partial charge < -0.3 is 10.0 Å². The minimum absolute atomic E-state index is 0.101. The normalized spacial score (nSPS) is 19.8. The van der Waals surface area contributed by atoms with Crippen LogP contribution in [0.4, 0.5) is 11.4 Å². The summed E-state index contributed by atoms with van der Waals surface area (Å²) in [6, 6.07) is 6.13. The van der Waals surface area contributed by atoms with Gasteiger partial charge in [-0.1, -0.05) is 50.9 Å². The number of hydrogen-bond donors (Lipinski definition) is 3. The molecular formula is C41H52ClN2O8S2+. The number of carboxylic acid groups (broad SMARTS) is 1. The van der Waals surface area contributed by atoms with Gasteiger partial charge in [-0.25, -0.2) is 0 Å². The van der Waals surface area contributed by atoms with Crippen LogP contribution in [0.5, 0.6) is 0 Å². The van der Waals surface area contributed by atoms with Crippen LogP contribution in [0, 0.1) is 13.8 Å². The largest absolute Gasteiger partial charge is 0.481 e. The number of fused-ring (bicyclic) bond motifs is 2. The summed E-state index contributed by atoms with van der Waals surface area (Å²) in [7, 11) is -8.82. The van der Waals surface area contributed by atoms with Crippen LogP contribution in [0.15, 0.2) is 80.2 Å². The van der Waals surface area contributed by atoms with Crippen molar-refractivity contribution in [2.45, 2.75) is 120 Å². The van der Waals surface area contributed by atoms with Crippen molar-refractivity contribution in [3.8, 4) is 0 Å². The first-order valence-corrected chi connectivity index (χ1v) is 21.7. The Kier molecular flexibility index (Phi) is 12.0. The minimum Gasteiger partial charge on any atom is -0.481 e. The van der Waals surface area contributed by atoms with E-state index in [4.69, 9.17) is 16.7 Å². The van der Waals surface area contributed by atoms with Gasteiger partial charge in [-0.2, -0.15) is 21.4 Å². The monoisotopic (exact) mass is 799 g/mol. The van der Waals surface area contributed by atoms with Gasteiger partial charge in [0.05, 0.1) is 15.2 Å². The second-order valence-electron chi connectivity index (χ2n) is 15.6. The quantitative estimate of drug-likeness (QED) is 0.102. The summed E-state index contributed by atoms with van der Waals surface area (Å²) in [5.74, 6) is -0.826. The zero-order chi connectivity index (χ0) is 40.0. The molecule has 0 atom stereocenters. The molecule has 0 unspecified atom stereocenters. The molecule has 0 spiro atoms. The van der Waals surface area contributed by atoms with Crippen LogP contribution in [0.25, 0.3) is 0 Å². The maximum Gasteiger partial charge on any atom is 0.303 e. The molecule has 3 aliphatic rings. The predicted molar refractivity (Wildman–Crippen MR) is 214 cm³/mol. The highest BCUT2D eigenvalue weighted by Crippen LogP contribution is 2.51. The Labute approximate surface area is 325 Å². The average molecular weight is 800 g/mol. The molecule has 0 bridgehead atoms. The van der Waals surface area contributed by atoms with Crippen LogP contribution in [0.2, 0.25) is 0 Å². The van der Waals surface area contributed by atoms with E-state index < -0.39 is 37.0 Å². The van der Waals surface area contributed by atoms with Crippen molar-refractivity contribution in [3.05, 3.63) is 92.7 Å². The molecule has 5 rings (SSSR count). The van der Waals surface area contributed by atoms with Gasteiger partial charge in [-0.05, 0) is 112 Å². The molecule has 2 aliphatic heterocycles. The number of carbonyl (C=O) groups is 1. The van der Waals surface area contributed by atoms with Gasteiger partial charge in [0.2, 0.25) is 5.69 Å². The number of hydrogen-bond acceptors (Lipinski definition) is 6. The molecule has 0 aromatic heterocycles. The number of nitrogens with zero attached hydrogens (tertiary/aromatic N) is 2. The molecule has 13 heteroatoms. The maximum absolute atomic E-state index is 12.2. The van der Waals surface area contributed by atoms with Crippen molar-refractivity contribution < 1.29 is 40.4 Å². The molecule has 0 saturated carbocycles. The Balaban J connectivity index is 1.53. The van der Waals surface area contributed by atoms with Gasteiger partial charge in [-0.3, -0.25) is 13.9 Å². The first-order chi connectivity index (χ1) is 25.1. The molecule has 0 radical (unpaired) electrons. The highest BCUT2D eigenvalue weighted by Gasteiger charge is 2.46. The summed E-state index contributed by atoms with van der Waals surface area (Å²) in [4.78, 5) is 13.0. The van der Waals surface area contributed by atoms with Crippen LogP contribution in [0.3, 0.4) is 0 Å². The van der Waals surface area contributed by atoms with E-state index in [1.54, 1.807) is 12.1 Å². The van der Waals surface area contributed by atoms with Crippen molar-refractivity contribution >= 4 is 54.9 Å². The van der Waals surface area contributed by atoms with E-state index in [1.807, 2.05) is 33.8 Å². The Hall–Kier alpha value is -3.55. The topological polar surface area (TPSA) is 152 Å². The van der Waals surface area contributed by atoms with E-state index >= 15 is 0 Å². The zero-order valence-corrected chi connectivity index (χ0v) is 34.6. The Morgan fingerprint density at radius 1 is 0.870 bits per heavy atom. The van der Waals surface area contributed by atoms with Crippen LogP contribution in [0.1, 0.15) is 108 Å². The Morgan fingerprint density at radius 2 is 1.50 bits per heavy atom. The van der Waals surface area contributed by atoms with E-state index in [9.17, 15) is 30.7 Å². The summed E-state index contributed by atoms with van der Waals surface area (Å²) in [6.45, 7) is 15.3. The molecule has 54 heavy (non-hydrogen) atoms. The van der Waals surface area contributed by atoms with Crippen LogP contribution in [-0.2, 0) is 35.9 Å². The van der Waals surface area contributed by atoms with Crippen molar-refractivity contribution in [1.29, 1.82) is 0 Å². The van der Waals surface area contributed by atoms with E-state index in [2.05, 4.69) is 48.5 Å². The Bertz CT molecular complexity index is 2260. The summed E-state index contributed by atoms with van der Waals surface area (Å²) in [5, 5.41) is 9.77. The van der Waals surface area contributed by atoms with Crippen molar-refractivity contribution in [2.24, 2.45) is 0 Å². The molecule has 2 aromatic carbocycles. The molecule has 10 nitrogen and oxygen atoms in total. The third-order valence-corrected chi connectivity index (χ3v) is 13.1. The van der Waals surface area contributed by atoms with E-state index in [0.29, 0.717) is 23.6 Å². The average Bonchev–Trinajstić information content (AvgIpc) is 3.41. The minimum atomic E-state index is -4.43. The highest BCUT2D eigenvalue weighted by atomic mass is 35.5. The van der Waals surface area contributed by atoms with Crippen LogP contribution in [-0.4, -0.2) is 60.4 Å². The number of aliphatic carboxylic acids is 1. The van der Waals surface area contributed by atoms with Gasteiger partial charge in [0.15, 0.2) is 5.71 Å². The molecule has 1 aliphatic carbocycles. The number of aryl methyl sites for hydroxylation is 2. The predicted octanol–water partition coefficient (Wildman–Crippen LogP) is 9.07. The molecule has 0 fully saturated rings. The number of unbranched alkanes of at least 4 members (excludes halogenated alkanes) is 2. The lowest BCUT2D eigenvalue weighted by atomic mass is 9.80. The Morgan fingerprint density at radius 3 is 2.11 bits per heavy atom. The van der Waals surface area contributed by atoms with Crippen molar-refractivity contribution in [3.63, 3.8) is 0 Å². The molecule has 292 valence electrons. The van der Waals surface area contributed by atoms with Crippen LogP contribution < -0.4 is 4.90 Å². The van der Waals surface area contributed by atoms with E-state index in [-0.39, 0.29) is 16.2 Å². The summed E-state index contributed by atoms with van der Waals surface area (Å²) in [5.41, 5.74) is 7.68. The molecule has 3 N–H and O–H groups in total. The highest BCUT2D eigenvalue weighted by molar-refractivity contribution is 7.86. The fourth-order valence-corrected chi connectivity index (χ4v) is 9.73. The standard InChI is InChI=1S/C41H51ClN2O8S2/c1-8-20-43-34(40(4,5)32-24-30(53(47,48)49)22-26(2)38(32)43)18-16-28-13-12-14-29(37(28)42)17-19-35-41(6,7)33-25-31(54(50,51)52)23-27(3)39(33)44(35)21-11-9-10-15-36(45)46/h16-19,22-25H,8-15,20-21H2,1-7H3,(H2-,45,46,47,48,49,50,51,52)/p+1. The zero-order valence-electron chi connectivity index (χ0n) is 32.2. The van der Waals surface area contributed by atoms with Crippen molar-refractivity contribution in [1.82, 2.24) is 0 Å². The fourth-order valence-electron chi connectivity index (χ4n) is 8.23. The lowest BCUT2D eigenvalue weighted by Crippen LogP contribution is -2.28. The number of benzene rings is 2. The van der Waals surface area contributed by atoms with Crippen molar-refractivity contribution in [2.75, 3.05) is 18.0 Å². The van der Waals surface area contributed by atoms with Gasteiger partial charge in [0, 0.05) is 58.4 Å². The fraction of sp³-hybridized carbons (Fsp3) is 0.463. The SMILES string of the molecule is CCC[N+]1=C(/C=C/C2=C(Cl)C(=C/C=C3/N(CCCCCC(=O)O)c4c(C)cc(S(=O)(=O)O)cc4C3(C)C)/CCC2)C(C)(C)c2cc(S(=O)(=O)O)cc(C)c21. The van der Waals surface area contributed by atoms with Gasteiger partial charge >= 0.3 is 5.97 Å². The summed E-state index contributed by atoms with van der Waals surface area (Å²) < 4.78 is 70.7. The number of anilines is 1. The smallest absolute Gasteiger partial charge is 0.303 e. The molecule has 0 saturated heterocycles. The van der Waals surface area contributed by atoms with E-state index in [0.717, 1.165) is 95.7 Å². The van der Waals surface area contributed by atoms with E-state index in [1.165, 1.54) is 12.1 Å². The first kappa shape index (κ1) is 41.6. The summed E-state index contributed by atoms with van der Waals surface area (Å²) >= 11 is 7.17.